The van der Waals surface area contributed by atoms with Gasteiger partial charge in [0.15, 0.2) is 0 Å². The first-order chi connectivity index (χ1) is 7.93. The molecule has 16 heavy (non-hydrogen) atoms. The van der Waals surface area contributed by atoms with Gasteiger partial charge in [0, 0.05) is 23.5 Å². The Bertz CT molecular complexity index is 455. The summed E-state index contributed by atoms with van der Waals surface area (Å²) in [5.74, 6) is 0.788. The van der Waals surface area contributed by atoms with E-state index in [1.54, 1.807) is 16.7 Å². The van der Waals surface area contributed by atoms with Gasteiger partial charge in [0.1, 0.15) is 0 Å². The number of nitrogens with one attached hydrogen (secondary N) is 2. The molecule has 1 aliphatic heterocycles. The minimum Gasteiger partial charge on any atom is -0.364 e. The molecule has 1 saturated heterocycles. The van der Waals surface area contributed by atoms with Crippen LogP contribution in [0.4, 0.5) is 0 Å². The van der Waals surface area contributed by atoms with E-state index in [1.807, 2.05) is 0 Å². The van der Waals surface area contributed by atoms with Crippen LogP contribution in [0.5, 0.6) is 0 Å². The van der Waals surface area contributed by atoms with Gasteiger partial charge in [-0.05, 0) is 55.7 Å². The predicted molar refractivity (Wildman–Crippen MR) is 65.3 cm³/mol. The first-order valence-electron chi connectivity index (χ1n) is 6.56. The SMILES string of the molecule is C1=C2c3c(c[nH]c3CC1)CC1NCCCC21. The van der Waals surface area contributed by atoms with Crippen LogP contribution in [0.2, 0.25) is 0 Å². The molecule has 2 heteroatoms. The van der Waals surface area contributed by atoms with Gasteiger partial charge in [-0.3, -0.25) is 0 Å². The van der Waals surface area contributed by atoms with Crippen molar-refractivity contribution in [2.45, 2.75) is 38.1 Å². The zero-order valence-corrected chi connectivity index (χ0v) is 9.55. The van der Waals surface area contributed by atoms with E-state index in [0.29, 0.717) is 6.04 Å². The number of aryl methyl sites for hydroxylation is 1. The minimum absolute atomic E-state index is 0.703. The van der Waals surface area contributed by atoms with Gasteiger partial charge in [-0.25, -0.2) is 0 Å². The van der Waals surface area contributed by atoms with E-state index >= 15 is 0 Å². The van der Waals surface area contributed by atoms with Crippen LogP contribution < -0.4 is 5.32 Å². The number of allylic oxidation sites excluding steroid dienone is 1. The highest BCUT2D eigenvalue weighted by Crippen LogP contribution is 2.43. The second-order valence-electron chi connectivity index (χ2n) is 5.38. The first-order valence-corrected chi connectivity index (χ1v) is 6.56. The number of rotatable bonds is 0. The van der Waals surface area contributed by atoms with Crippen LogP contribution in [-0.4, -0.2) is 17.6 Å². The third kappa shape index (κ3) is 1.11. The Morgan fingerprint density at radius 1 is 1.31 bits per heavy atom. The second kappa shape index (κ2) is 3.24. The fraction of sp³-hybridized carbons (Fsp3) is 0.571. The van der Waals surface area contributed by atoms with Crippen molar-refractivity contribution in [2.24, 2.45) is 5.92 Å². The predicted octanol–water partition coefficient (Wildman–Crippen LogP) is 2.27. The van der Waals surface area contributed by atoms with Gasteiger partial charge in [-0.1, -0.05) is 6.08 Å². The summed E-state index contributed by atoms with van der Waals surface area (Å²) in [6, 6.07) is 0.703. The van der Waals surface area contributed by atoms with Crippen LogP contribution in [0.3, 0.4) is 0 Å². The quantitative estimate of drug-likeness (QED) is 0.681. The fourth-order valence-corrected chi connectivity index (χ4v) is 3.82. The van der Waals surface area contributed by atoms with Gasteiger partial charge < -0.3 is 10.3 Å². The number of hydrogen-bond acceptors (Lipinski definition) is 1. The number of aromatic nitrogens is 1. The molecule has 2 atom stereocenters. The normalized spacial score (nSPS) is 31.6. The molecule has 2 aliphatic carbocycles. The average Bonchev–Trinajstić information content (AvgIpc) is 2.75. The van der Waals surface area contributed by atoms with E-state index in [0.717, 1.165) is 5.92 Å². The van der Waals surface area contributed by atoms with Crippen LogP contribution in [0.25, 0.3) is 5.57 Å². The third-order valence-corrected chi connectivity index (χ3v) is 4.51. The highest BCUT2D eigenvalue weighted by atomic mass is 14.9. The second-order valence-corrected chi connectivity index (χ2v) is 5.38. The lowest BCUT2D eigenvalue weighted by Crippen LogP contribution is -2.45. The molecule has 0 saturated carbocycles. The van der Waals surface area contributed by atoms with Gasteiger partial charge in [0.25, 0.3) is 0 Å². The van der Waals surface area contributed by atoms with Gasteiger partial charge in [0.2, 0.25) is 0 Å². The zero-order chi connectivity index (χ0) is 10.5. The Balaban J connectivity index is 1.86. The molecule has 2 unspecified atom stereocenters. The maximum Gasteiger partial charge on any atom is 0.0229 e. The van der Waals surface area contributed by atoms with Gasteiger partial charge in [-0.15, -0.1) is 0 Å². The lowest BCUT2D eigenvalue weighted by Gasteiger charge is -2.39. The summed E-state index contributed by atoms with van der Waals surface area (Å²) >= 11 is 0. The zero-order valence-electron chi connectivity index (χ0n) is 9.55. The van der Waals surface area contributed by atoms with Crippen molar-refractivity contribution in [3.63, 3.8) is 0 Å². The standard InChI is InChI=1S/C14H18N2/c1-3-11-10-4-2-6-15-13(10)7-9-8-16-12(5-1)14(9)11/h3,8,10,13,15-16H,1-2,4-7H2. The molecule has 0 radical (unpaired) electrons. The molecule has 1 fully saturated rings. The molecule has 2 N–H and O–H groups in total. The molecular weight excluding hydrogens is 196 g/mol. The number of fused-ring (bicyclic) bond motifs is 2. The largest absolute Gasteiger partial charge is 0.364 e. The summed E-state index contributed by atoms with van der Waals surface area (Å²) in [5.41, 5.74) is 6.30. The van der Waals surface area contributed by atoms with Gasteiger partial charge in [-0.2, -0.15) is 0 Å². The van der Waals surface area contributed by atoms with Crippen LogP contribution in [0.15, 0.2) is 12.3 Å². The Morgan fingerprint density at radius 2 is 2.31 bits per heavy atom. The number of piperidine rings is 1. The first kappa shape index (κ1) is 9.06. The van der Waals surface area contributed by atoms with Crippen LogP contribution in [0, 0.1) is 5.92 Å². The van der Waals surface area contributed by atoms with E-state index in [-0.39, 0.29) is 0 Å². The topological polar surface area (TPSA) is 27.8 Å². The lowest BCUT2D eigenvalue weighted by molar-refractivity contribution is 0.327. The molecule has 0 spiro atoms. The average molecular weight is 214 g/mol. The van der Waals surface area contributed by atoms with Crippen molar-refractivity contribution < 1.29 is 0 Å². The highest BCUT2D eigenvalue weighted by Gasteiger charge is 2.36. The number of H-pyrrole nitrogens is 1. The van der Waals surface area contributed by atoms with Crippen molar-refractivity contribution in [3.8, 4) is 0 Å². The fourth-order valence-electron chi connectivity index (χ4n) is 3.82. The lowest BCUT2D eigenvalue weighted by atomic mass is 9.71. The molecule has 4 rings (SSSR count). The minimum atomic E-state index is 0.703. The molecule has 1 aromatic heterocycles. The van der Waals surface area contributed by atoms with E-state index in [4.69, 9.17) is 0 Å². The Morgan fingerprint density at radius 3 is 3.31 bits per heavy atom. The molecule has 0 aromatic carbocycles. The number of hydrogen-bond donors (Lipinski definition) is 2. The molecule has 2 nitrogen and oxygen atoms in total. The Kier molecular flexibility index (Phi) is 1.83. The highest BCUT2D eigenvalue weighted by molar-refractivity contribution is 5.76. The molecule has 1 aromatic rings. The Labute approximate surface area is 96.1 Å². The van der Waals surface area contributed by atoms with Gasteiger partial charge >= 0.3 is 0 Å². The maximum atomic E-state index is 3.70. The van der Waals surface area contributed by atoms with E-state index in [9.17, 15) is 0 Å². The van der Waals surface area contributed by atoms with Crippen molar-refractivity contribution in [1.82, 2.24) is 10.3 Å². The van der Waals surface area contributed by atoms with Crippen LogP contribution >= 0.6 is 0 Å². The molecule has 0 bridgehead atoms. The summed E-state index contributed by atoms with van der Waals surface area (Å²) in [4.78, 5) is 3.49. The summed E-state index contributed by atoms with van der Waals surface area (Å²) in [7, 11) is 0. The molecular formula is C14H18N2. The van der Waals surface area contributed by atoms with Crippen molar-refractivity contribution in [2.75, 3.05) is 6.54 Å². The molecule has 0 amide bonds. The summed E-state index contributed by atoms with van der Waals surface area (Å²) in [6.07, 6.45) is 11.1. The van der Waals surface area contributed by atoms with Crippen molar-refractivity contribution in [1.29, 1.82) is 0 Å². The smallest absolute Gasteiger partial charge is 0.0229 e. The summed E-state index contributed by atoms with van der Waals surface area (Å²) in [5, 5.41) is 3.70. The monoisotopic (exact) mass is 214 g/mol. The Hall–Kier alpha value is -1.02. The van der Waals surface area contributed by atoms with Crippen LogP contribution in [0.1, 0.15) is 36.1 Å². The van der Waals surface area contributed by atoms with Crippen molar-refractivity contribution in [3.05, 3.63) is 29.1 Å². The third-order valence-electron chi connectivity index (χ3n) is 4.51. The van der Waals surface area contributed by atoms with Crippen molar-refractivity contribution >= 4 is 5.57 Å². The van der Waals surface area contributed by atoms with Gasteiger partial charge in [0.05, 0.1) is 0 Å². The molecule has 84 valence electrons. The summed E-state index contributed by atoms with van der Waals surface area (Å²) in [6.45, 7) is 1.21. The van der Waals surface area contributed by atoms with E-state index in [1.165, 1.54) is 44.3 Å². The van der Waals surface area contributed by atoms with E-state index in [2.05, 4.69) is 22.6 Å². The summed E-state index contributed by atoms with van der Waals surface area (Å²) < 4.78 is 0. The van der Waals surface area contributed by atoms with E-state index < -0.39 is 0 Å². The molecule has 3 aliphatic rings. The van der Waals surface area contributed by atoms with Crippen LogP contribution in [-0.2, 0) is 12.8 Å². The molecule has 2 heterocycles. The maximum absolute atomic E-state index is 3.70. The number of aromatic amines is 1.